The van der Waals surface area contributed by atoms with Gasteiger partial charge in [-0.1, -0.05) is 0 Å². The minimum Gasteiger partial charge on any atom is -0.383 e. The van der Waals surface area contributed by atoms with E-state index >= 15 is 0 Å². The summed E-state index contributed by atoms with van der Waals surface area (Å²) in [7, 11) is 0. The quantitative estimate of drug-likeness (QED) is 0.816. The van der Waals surface area contributed by atoms with E-state index < -0.39 is 0 Å². The molecule has 0 aromatic carbocycles. The van der Waals surface area contributed by atoms with Crippen molar-refractivity contribution in [2.75, 3.05) is 30.3 Å². The van der Waals surface area contributed by atoms with Crippen LogP contribution in [0.3, 0.4) is 0 Å². The summed E-state index contributed by atoms with van der Waals surface area (Å²) >= 11 is 0. The molecule has 1 aromatic heterocycles. The fourth-order valence-corrected chi connectivity index (χ4v) is 2.13. The molecular formula is C14H23N5O. The number of rotatable bonds is 6. The van der Waals surface area contributed by atoms with Crippen molar-refractivity contribution in [1.82, 2.24) is 15.3 Å². The van der Waals surface area contributed by atoms with Crippen LogP contribution < -0.4 is 16.0 Å². The molecule has 1 aromatic rings. The van der Waals surface area contributed by atoms with Gasteiger partial charge >= 0.3 is 0 Å². The molecule has 110 valence electrons. The number of hydrogen-bond acceptors (Lipinski definition) is 5. The Morgan fingerprint density at radius 3 is 2.65 bits per heavy atom. The lowest BCUT2D eigenvalue weighted by Gasteiger charge is -2.24. The molecule has 1 aliphatic carbocycles. The third-order valence-electron chi connectivity index (χ3n) is 3.51. The number of nitrogens with two attached hydrogens (primary N) is 1. The first-order valence-electron chi connectivity index (χ1n) is 7.22. The van der Waals surface area contributed by atoms with Crippen LogP contribution in [-0.4, -0.2) is 35.5 Å². The number of anilines is 2. The zero-order valence-corrected chi connectivity index (χ0v) is 12.4. The average molecular weight is 277 g/mol. The van der Waals surface area contributed by atoms with E-state index in [1.165, 1.54) is 0 Å². The van der Waals surface area contributed by atoms with Crippen LogP contribution in [-0.2, 0) is 4.79 Å². The van der Waals surface area contributed by atoms with Gasteiger partial charge in [-0.3, -0.25) is 4.79 Å². The topological polar surface area (TPSA) is 84.1 Å². The summed E-state index contributed by atoms with van der Waals surface area (Å²) < 4.78 is 0. The Balaban J connectivity index is 2.25. The molecular weight excluding hydrogens is 254 g/mol. The van der Waals surface area contributed by atoms with Gasteiger partial charge in [0.2, 0.25) is 5.91 Å². The molecule has 1 fully saturated rings. The lowest BCUT2D eigenvalue weighted by Crippen LogP contribution is -2.38. The molecule has 1 amide bonds. The van der Waals surface area contributed by atoms with E-state index in [1.807, 2.05) is 25.7 Å². The predicted molar refractivity (Wildman–Crippen MR) is 79.7 cm³/mol. The van der Waals surface area contributed by atoms with E-state index in [1.54, 1.807) is 0 Å². The van der Waals surface area contributed by atoms with Gasteiger partial charge in [-0.2, -0.15) is 0 Å². The minimum atomic E-state index is -0.00101. The number of nitrogens with zero attached hydrogens (tertiary/aromatic N) is 3. The summed E-state index contributed by atoms with van der Waals surface area (Å²) in [5.74, 6) is 2.57. The number of aromatic nitrogens is 2. The Morgan fingerprint density at radius 1 is 1.40 bits per heavy atom. The van der Waals surface area contributed by atoms with Gasteiger partial charge in [0.15, 0.2) is 0 Å². The standard InChI is InChI=1S/C14H23N5O/c1-4-16-11(20)8-19(5-2)14-9(3)12(15)17-13(18-14)10-6-7-10/h10H,4-8H2,1-3H3,(H,16,20)(H2,15,17,18). The van der Waals surface area contributed by atoms with Gasteiger partial charge in [0.25, 0.3) is 0 Å². The maximum absolute atomic E-state index is 11.8. The molecule has 2 rings (SSSR count). The van der Waals surface area contributed by atoms with Gasteiger partial charge in [-0.15, -0.1) is 0 Å². The summed E-state index contributed by atoms with van der Waals surface area (Å²) in [4.78, 5) is 22.7. The van der Waals surface area contributed by atoms with E-state index in [2.05, 4.69) is 15.3 Å². The molecule has 6 nitrogen and oxygen atoms in total. The first-order chi connectivity index (χ1) is 9.56. The van der Waals surface area contributed by atoms with Crippen LogP contribution in [0.25, 0.3) is 0 Å². The fourth-order valence-electron chi connectivity index (χ4n) is 2.13. The van der Waals surface area contributed by atoms with Crippen molar-refractivity contribution in [3.05, 3.63) is 11.4 Å². The smallest absolute Gasteiger partial charge is 0.239 e. The third-order valence-corrected chi connectivity index (χ3v) is 3.51. The molecule has 1 aliphatic rings. The molecule has 6 heteroatoms. The number of nitrogen functional groups attached to an aromatic ring is 1. The van der Waals surface area contributed by atoms with Crippen molar-refractivity contribution in [3.8, 4) is 0 Å². The largest absolute Gasteiger partial charge is 0.383 e. The van der Waals surface area contributed by atoms with Crippen LogP contribution in [0.1, 0.15) is 44.0 Å². The zero-order chi connectivity index (χ0) is 14.7. The first-order valence-corrected chi connectivity index (χ1v) is 7.22. The first kappa shape index (κ1) is 14.6. The second kappa shape index (κ2) is 6.07. The van der Waals surface area contributed by atoms with Gasteiger partial charge in [-0.25, -0.2) is 9.97 Å². The SMILES string of the molecule is CCNC(=O)CN(CC)c1nc(C2CC2)nc(N)c1C. The van der Waals surface area contributed by atoms with E-state index in [4.69, 9.17) is 5.73 Å². The van der Waals surface area contributed by atoms with E-state index in [-0.39, 0.29) is 5.91 Å². The Labute approximate surface area is 119 Å². The number of likely N-dealkylation sites (N-methyl/N-ethyl adjacent to an activating group) is 2. The highest BCUT2D eigenvalue weighted by Crippen LogP contribution is 2.39. The van der Waals surface area contributed by atoms with Gasteiger partial charge in [0.05, 0.1) is 6.54 Å². The third kappa shape index (κ3) is 3.18. The Morgan fingerprint density at radius 2 is 2.10 bits per heavy atom. The van der Waals surface area contributed by atoms with Crippen molar-refractivity contribution in [2.24, 2.45) is 0 Å². The summed E-state index contributed by atoms with van der Waals surface area (Å²) in [6, 6.07) is 0. The molecule has 0 saturated heterocycles. The lowest BCUT2D eigenvalue weighted by molar-refractivity contribution is -0.119. The van der Waals surface area contributed by atoms with E-state index in [9.17, 15) is 4.79 Å². The summed E-state index contributed by atoms with van der Waals surface area (Å²) in [6.45, 7) is 7.46. The minimum absolute atomic E-state index is 0.00101. The van der Waals surface area contributed by atoms with Gasteiger partial charge in [0, 0.05) is 24.6 Å². The van der Waals surface area contributed by atoms with Crippen molar-refractivity contribution >= 4 is 17.5 Å². The maximum atomic E-state index is 11.8. The molecule has 3 N–H and O–H groups in total. The number of amides is 1. The number of carbonyl (C=O) groups is 1. The van der Waals surface area contributed by atoms with E-state index in [0.29, 0.717) is 31.4 Å². The fraction of sp³-hybridized carbons (Fsp3) is 0.643. The van der Waals surface area contributed by atoms with E-state index in [0.717, 1.165) is 30.0 Å². The number of hydrogen-bond donors (Lipinski definition) is 2. The molecule has 1 saturated carbocycles. The van der Waals surface area contributed by atoms with Crippen LogP contribution in [0.15, 0.2) is 0 Å². The highest BCUT2D eigenvalue weighted by Gasteiger charge is 2.28. The molecule has 0 aliphatic heterocycles. The summed E-state index contributed by atoms with van der Waals surface area (Å²) in [6.07, 6.45) is 2.26. The molecule has 0 spiro atoms. The lowest BCUT2D eigenvalue weighted by atomic mass is 10.2. The number of nitrogens with one attached hydrogen (secondary N) is 1. The monoisotopic (exact) mass is 277 g/mol. The highest BCUT2D eigenvalue weighted by atomic mass is 16.2. The van der Waals surface area contributed by atoms with Gasteiger partial charge < -0.3 is 16.0 Å². The Kier molecular flexibility index (Phi) is 4.42. The van der Waals surface area contributed by atoms with Crippen LogP contribution in [0.2, 0.25) is 0 Å². The molecule has 0 unspecified atom stereocenters. The summed E-state index contributed by atoms with van der Waals surface area (Å²) in [5, 5.41) is 2.81. The second-order valence-electron chi connectivity index (χ2n) is 5.16. The van der Waals surface area contributed by atoms with Crippen molar-refractivity contribution in [3.63, 3.8) is 0 Å². The number of carbonyl (C=O) groups excluding carboxylic acids is 1. The molecule has 20 heavy (non-hydrogen) atoms. The Bertz CT molecular complexity index is 499. The predicted octanol–water partition coefficient (Wildman–Crippen LogP) is 1.21. The normalized spacial score (nSPS) is 14.2. The van der Waals surface area contributed by atoms with Gasteiger partial charge in [-0.05, 0) is 33.6 Å². The molecule has 0 atom stereocenters. The molecule has 0 bridgehead atoms. The maximum Gasteiger partial charge on any atom is 0.239 e. The van der Waals surface area contributed by atoms with Crippen molar-refractivity contribution < 1.29 is 4.79 Å². The molecule has 1 heterocycles. The van der Waals surface area contributed by atoms with Crippen LogP contribution in [0, 0.1) is 6.92 Å². The Hall–Kier alpha value is -1.85. The average Bonchev–Trinajstić information content (AvgIpc) is 3.24. The zero-order valence-electron chi connectivity index (χ0n) is 12.4. The van der Waals surface area contributed by atoms with Crippen molar-refractivity contribution in [1.29, 1.82) is 0 Å². The summed E-state index contributed by atoms with van der Waals surface area (Å²) in [5.41, 5.74) is 6.84. The highest BCUT2D eigenvalue weighted by molar-refractivity contribution is 5.81. The van der Waals surface area contributed by atoms with Crippen LogP contribution in [0.4, 0.5) is 11.6 Å². The van der Waals surface area contributed by atoms with Crippen LogP contribution >= 0.6 is 0 Å². The second-order valence-corrected chi connectivity index (χ2v) is 5.16. The van der Waals surface area contributed by atoms with Gasteiger partial charge in [0.1, 0.15) is 17.5 Å². The van der Waals surface area contributed by atoms with Crippen LogP contribution in [0.5, 0.6) is 0 Å². The van der Waals surface area contributed by atoms with Crippen molar-refractivity contribution in [2.45, 2.75) is 39.5 Å². The molecule has 0 radical (unpaired) electrons.